The molecule has 0 fully saturated rings. The van der Waals surface area contributed by atoms with Gasteiger partial charge in [-0.3, -0.25) is 0 Å². The van der Waals surface area contributed by atoms with Gasteiger partial charge in [-0.25, -0.2) is 4.98 Å². The van der Waals surface area contributed by atoms with E-state index in [9.17, 15) is 0 Å². The molecular formula is C21H32N6. The lowest BCUT2D eigenvalue weighted by Gasteiger charge is -2.39. The van der Waals surface area contributed by atoms with E-state index in [1.807, 2.05) is 0 Å². The van der Waals surface area contributed by atoms with Crippen LogP contribution >= 0.6 is 0 Å². The molecule has 0 saturated carbocycles. The predicted molar refractivity (Wildman–Crippen MR) is 113 cm³/mol. The van der Waals surface area contributed by atoms with Crippen LogP contribution in [0.3, 0.4) is 0 Å². The third-order valence-corrected chi connectivity index (χ3v) is 5.09. The number of benzene rings is 1. The molecule has 1 aromatic carbocycles. The number of H-pyrrole nitrogens is 1. The normalized spacial score (nSPS) is 14.1. The van der Waals surface area contributed by atoms with E-state index >= 15 is 0 Å². The average Bonchev–Trinajstić information content (AvgIpc) is 3.21. The van der Waals surface area contributed by atoms with E-state index in [1.54, 1.807) is 12.4 Å². The summed E-state index contributed by atoms with van der Waals surface area (Å²) in [5.74, 6) is 0.536. The zero-order valence-electron chi connectivity index (χ0n) is 16.7. The summed E-state index contributed by atoms with van der Waals surface area (Å²) in [6.07, 6.45) is 11.0. The molecule has 0 bridgehead atoms. The molecule has 0 atom stereocenters. The van der Waals surface area contributed by atoms with Gasteiger partial charge in [0.05, 0.1) is 17.1 Å². The van der Waals surface area contributed by atoms with E-state index in [0.29, 0.717) is 5.95 Å². The zero-order chi connectivity index (χ0) is 18.9. The van der Waals surface area contributed by atoms with Gasteiger partial charge in [-0.15, -0.1) is 10.2 Å². The third kappa shape index (κ3) is 5.31. The second kappa shape index (κ2) is 10.1. The molecule has 1 aliphatic heterocycles. The lowest BCUT2D eigenvalue weighted by Crippen LogP contribution is -2.42. The number of anilines is 2. The Kier molecular flexibility index (Phi) is 7.25. The molecule has 1 N–H and O–H groups in total. The molecule has 3 rings (SSSR count). The van der Waals surface area contributed by atoms with Gasteiger partial charge >= 0.3 is 0 Å². The van der Waals surface area contributed by atoms with Crippen molar-refractivity contribution >= 4 is 23.0 Å². The molecule has 1 aliphatic rings. The average molecular weight is 369 g/mol. The maximum absolute atomic E-state index is 4.37. The Bertz CT molecular complexity index is 709. The number of rotatable bonds is 10. The maximum Gasteiger partial charge on any atom is 0.246 e. The van der Waals surface area contributed by atoms with Gasteiger partial charge in [-0.1, -0.05) is 39.5 Å². The van der Waals surface area contributed by atoms with Gasteiger partial charge in [0.2, 0.25) is 5.95 Å². The number of unbranched alkanes of at least 4 members (excludes halogenated alkanes) is 4. The number of nitrogens with one attached hydrogen (secondary N) is 1. The zero-order valence-corrected chi connectivity index (χ0v) is 16.7. The van der Waals surface area contributed by atoms with Crippen LogP contribution in [0, 0.1) is 0 Å². The Morgan fingerprint density at radius 1 is 0.926 bits per heavy atom. The molecule has 6 heteroatoms. The standard InChI is InChI=1S/C21H32N6/c1-3-5-7-13-26-15-16-27(14-8-6-4-2)20-17-18(9-10-19(20)26)24-25-21-22-11-12-23-21/h9-12,17H,3-8,13-16H2,1-2H3,(H,22,23). The van der Waals surface area contributed by atoms with Crippen LogP contribution in [-0.2, 0) is 0 Å². The summed E-state index contributed by atoms with van der Waals surface area (Å²) in [6.45, 7) is 8.96. The number of hydrogen-bond donors (Lipinski definition) is 1. The highest BCUT2D eigenvalue weighted by Crippen LogP contribution is 2.37. The molecular weight excluding hydrogens is 336 g/mol. The first-order valence-electron chi connectivity index (χ1n) is 10.4. The van der Waals surface area contributed by atoms with Crippen LogP contribution < -0.4 is 9.80 Å². The van der Waals surface area contributed by atoms with Crippen molar-refractivity contribution in [2.24, 2.45) is 10.2 Å². The van der Waals surface area contributed by atoms with Gasteiger partial charge in [0, 0.05) is 38.6 Å². The molecule has 6 nitrogen and oxygen atoms in total. The maximum atomic E-state index is 4.37. The summed E-state index contributed by atoms with van der Waals surface area (Å²) in [5.41, 5.74) is 3.51. The van der Waals surface area contributed by atoms with Crippen LogP contribution in [0.1, 0.15) is 52.4 Å². The molecule has 27 heavy (non-hydrogen) atoms. The van der Waals surface area contributed by atoms with Crippen LogP contribution in [0.5, 0.6) is 0 Å². The minimum absolute atomic E-state index is 0.536. The van der Waals surface area contributed by atoms with E-state index in [0.717, 1.165) is 31.9 Å². The third-order valence-electron chi connectivity index (χ3n) is 5.09. The van der Waals surface area contributed by atoms with Crippen LogP contribution in [-0.4, -0.2) is 36.1 Å². The Morgan fingerprint density at radius 2 is 1.63 bits per heavy atom. The fourth-order valence-corrected chi connectivity index (χ4v) is 3.56. The lowest BCUT2D eigenvalue weighted by molar-refractivity contribution is 0.624. The fourth-order valence-electron chi connectivity index (χ4n) is 3.56. The van der Waals surface area contributed by atoms with Crippen molar-refractivity contribution in [3.05, 3.63) is 30.6 Å². The molecule has 1 aromatic heterocycles. The van der Waals surface area contributed by atoms with Gasteiger partial charge in [0.15, 0.2) is 0 Å². The Balaban J connectivity index is 1.79. The minimum atomic E-state index is 0.536. The summed E-state index contributed by atoms with van der Waals surface area (Å²) in [7, 11) is 0. The van der Waals surface area contributed by atoms with Crippen LogP contribution in [0.25, 0.3) is 0 Å². The van der Waals surface area contributed by atoms with Crippen molar-refractivity contribution in [2.75, 3.05) is 36.0 Å². The van der Waals surface area contributed by atoms with Crippen molar-refractivity contribution in [1.29, 1.82) is 0 Å². The number of azo groups is 1. The molecule has 0 aliphatic carbocycles. The fraction of sp³-hybridized carbons (Fsp3) is 0.571. The molecule has 0 saturated heterocycles. The summed E-state index contributed by atoms with van der Waals surface area (Å²) in [4.78, 5) is 12.1. The first-order valence-corrected chi connectivity index (χ1v) is 10.4. The molecule has 0 unspecified atom stereocenters. The quantitative estimate of drug-likeness (QED) is 0.424. The predicted octanol–water partition coefficient (Wildman–Crippen LogP) is 5.83. The van der Waals surface area contributed by atoms with Crippen molar-refractivity contribution in [1.82, 2.24) is 9.97 Å². The smallest absolute Gasteiger partial charge is 0.246 e. The number of aromatic nitrogens is 2. The largest absolute Gasteiger partial charge is 0.368 e. The van der Waals surface area contributed by atoms with Gasteiger partial charge < -0.3 is 14.8 Å². The number of fused-ring (bicyclic) bond motifs is 1. The highest BCUT2D eigenvalue weighted by Gasteiger charge is 2.22. The Labute approximate surface area is 162 Å². The van der Waals surface area contributed by atoms with E-state index in [-0.39, 0.29) is 0 Å². The van der Waals surface area contributed by atoms with E-state index in [1.165, 1.54) is 49.9 Å². The van der Waals surface area contributed by atoms with Gasteiger partial charge in [0.1, 0.15) is 0 Å². The summed E-state index contributed by atoms with van der Waals surface area (Å²) in [6, 6.07) is 6.46. The SMILES string of the molecule is CCCCCN1CCN(CCCCC)c2cc(N=Nc3ncc[nH]3)ccc21. The summed E-state index contributed by atoms with van der Waals surface area (Å²) in [5, 5.41) is 8.57. The van der Waals surface area contributed by atoms with Crippen molar-refractivity contribution < 1.29 is 0 Å². The number of imidazole rings is 1. The molecule has 0 radical (unpaired) electrons. The minimum Gasteiger partial charge on any atom is -0.368 e. The van der Waals surface area contributed by atoms with E-state index in [2.05, 4.69) is 62.0 Å². The van der Waals surface area contributed by atoms with Gasteiger partial charge in [0.25, 0.3) is 0 Å². The van der Waals surface area contributed by atoms with E-state index < -0.39 is 0 Å². The Morgan fingerprint density at radius 3 is 2.26 bits per heavy atom. The second-order valence-electron chi connectivity index (χ2n) is 7.17. The highest BCUT2D eigenvalue weighted by molar-refractivity contribution is 5.76. The monoisotopic (exact) mass is 368 g/mol. The number of aromatic amines is 1. The first-order chi connectivity index (χ1) is 13.3. The highest BCUT2D eigenvalue weighted by atomic mass is 15.3. The molecule has 0 amide bonds. The number of hydrogen-bond acceptors (Lipinski definition) is 5. The van der Waals surface area contributed by atoms with Crippen molar-refractivity contribution in [3.8, 4) is 0 Å². The van der Waals surface area contributed by atoms with Crippen LogP contribution in [0.4, 0.5) is 23.0 Å². The van der Waals surface area contributed by atoms with Crippen molar-refractivity contribution in [3.63, 3.8) is 0 Å². The first kappa shape index (κ1) is 19.4. The molecule has 2 aromatic rings. The van der Waals surface area contributed by atoms with Crippen molar-refractivity contribution in [2.45, 2.75) is 52.4 Å². The second-order valence-corrected chi connectivity index (χ2v) is 7.17. The van der Waals surface area contributed by atoms with Crippen LogP contribution in [0.2, 0.25) is 0 Å². The summed E-state index contributed by atoms with van der Waals surface area (Å²) >= 11 is 0. The lowest BCUT2D eigenvalue weighted by atomic mass is 10.1. The Hall–Kier alpha value is -2.37. The van der Waals surface area contributed by atoms with Gasteiger partial charge in [-0.2, -0.15) is 0 Å². The van der Waals surface area contributed by atoms with Crippen LogP contribution in [0.15, 0.2) is 40.8 Å². The van der Waals surface area contributed by atoms with Gasteiger partial charge in [-0.05, 0) is 31.0 Å². The summed E-state index contributed by atoms with van der Waals surface area (Å²) < 4.78 is 0. The number of nitrogens with zero attached hydrogens (tertiary/aromatic N) is 5. The molecule has 0 spiro atoms. The topological polar surface area (TPSA) is 59.9 Å². The molecule has 2 heterocycles. The van der Waals surface area contributed by atoms with E-state index in [4.69, 9.17) is 0 Å². The molecule has 146 valence electrons.